The van der Waals surface area contributed by atoms with Crippen molar-refractivity contribution in [3.05, 3.63) is 63.8 Å². The minimum Gasteiger partial charge on any atom is -0.433 e. The molecule has 148 valence electrons. The quantitative estimate of drug-likeness (QED) is 0.785. The molecule has 2 aromatic rings. The van der Waals surface area contributed by atoms with Gasteiger partial charge in [0.1, 0.15) is 6.73 Å². The molecule has 0 aliphatic carbocycles. The van der Waals surface area contributed by atoms with E-state index in [1.54, 1.807) is 15.8 Å². The Labute approximate surface area is 163 Å². The molecule has 0 atom stereocenters. The Morgan fingerprint density at radius 3 is 2.71 bits per heavy atom. The fraction of sp³-hybridized carbons (Fsp3) is 0.450. The number of morpholine rings is 1. The molecule has 0 spiro atoms. The second-order valence-electron chi connectivity index (χ2n) is 7.03. The Kier molecular flexibility index (Phi) is 5.68. The van der Waals surface area contributed by atoms with Crippen molar-refractivity contribution in [3.63, 3.8) is 0 Å². The molecule has 1 amide bonds. The molecule has 8 nitrogen and oxygen atoms in total. The highest BCUT2D eigenvalue weighted by atomic mass is 16.6. The lowest BCUT2D eigenvalue weighted by Gasteiger charge is -2.30. The number of carbonyl (C=O) groups is 1. The van der Waals surface area contributed by atoms with Crippen LogP contribution in [0.5, 0.6) is 0 Å². The van der Waals surface area contributed by atoms with E-state index >= 15 is 0 Å². The van der Waals surface area contributed by atoms with Crippen LogP contribution in [-0.4, -0.2) is 65.0 Å². The number of fused-ring (bicyclic) bond motifs is 1. The first kappa shape index (κ1) is 18.6. The van der Waals surface area contributed by atoms with Gasteiger partial charge in [0.15, 0.2) is 0 Å². The number of amides is 1. The number of nitrogens with zero attached hydrogens (tertiary/aromatic N) is 4. The average molecular weight is 384 g/mol. The zero-order valence-corrected chi connectivity index (χ0v) is 15.7. The molecule has 0 bridgehead atoms. The molecule has 1 aromatic heterocycles. The number of rotatable bonds is 4. The molecule has 4 rings (SSSR count). The third-order valence-corrected chi connectivity index (χ3v) is 5.12. The summed E-state index contributed by atoms with van der Waals surface area (Å²) in [5.41, 5.74) is 2.28. The van der Waals surface area contributed by atoms with E-state index in [0.717, 1.165) is 24.3 Å². The standard InChI is InChI=1S/C20H24N4O4/c25-19-17-13-23(20(26)28-15-22-8-10-27-11-9-22)7-6-18(17)21-14-24(19)12-16-4-2-1-3-5-16/h1-5,14H,6-13,15H2. The van der Waals surface area contributed by atoms with Crippen molar-refractivity contribution in [3.8, 4) is 0 Å². The van der Waals surface area contributed by atoms with Crippen molar-refractivity contribution in [1.82, 2.24) is 19.4 Å². The van der Waals surface area contributed by atoms with Crippen LogP contribution in [-0.2, 0) is 29.0 Å². The van der Waals surface area contributed by atoms with Gasteiger partial charge in [-0.05, 0) is 5.56 Å². The molecular formula is C20H24N4O4. The normalized spacial score (nSPS) is 17.2. The van der Waals surface area contributed by atoms with Crippen LogP contribution < -0.4 is 5.56 Å². The van der Waals surface area contributed by atoms with Gasteiger partial charge in [0.2, 0.25) is 0 Å². The van der Waals surface area contributed by atoms with Crippen molar-refractivity contribution < 1.29 is 14.3 Å². The summed E-state index contributed by atoms with van der Waals surface area (Å²) < 4.78 is 12.3. The van der Waals surface area contributed by atoms with Crippen LogP contribution >= 0.6 is 0 Å². The molecule has 0 radical (unpaired) electrons. The minimum absolute atomic E-state index is 0.0977. The number of benzene rings is 1. The Bertz CT molecular complexity index is 878. The van der Waals surface area contributed by atoms with Crippen molar-refractivity contribution in [1.29, 1.82) is 0 Å². The Morgan fingerprint density at radius 1 is 1.14 bits per heavy atom. The summed E-state index contributed by atoms with van der Waals surface area (Å²) in [7, 11) is 0. The van der Waals surface area contributed by atoms with Gasteiger partial charge in [0, 0.05) is 26.1 Å². The van der Waals surface area contributed by atoms with Gasteiger partial charge in [-0.1, -0.05) is 30.3 Å². The zero-order chi connectivity index (χ0) is 19.3. The van der Waals surface area contributed by atoms with Gasteiger partial charge in [-0.3, -0.25) is 14.3 Å². The maximum Gasteiger partial charge on any atom is 0.411 e. The largest absolute Gasteiger partial charge is 0.433 e. The van der Waals surface area contributed by atoms with E-state index in [2.05, 4.69) is 4.98 Å². The fourth-order valence-electron chi connectivity index (χ4n) is 3.47. The molecule has 1 aromatic carbocycles. The lowest BCUT2D eigenvalue weighted by atomic mass is 10.1. The van der Waals surface area contributed by atoms with E-state index in [1.165, 1.54) is 0 Å². The van der Waals surface area contributed by atoms with Crippen molar-refractivity contribution in [2.45, 2.75) is 19.5 Å². The van der Waals surface area contributed by atoms with Crippen LogP contribution in [0.15, 0.2) is 41.5 Å². The highest BCUT2D eigenvalue weighted by Gasteiger charge is 2.26. The molecule has 2 aliphatic rings. The average Bonchev–Trinajstić information content (AvgIpc) is 2.75. The number of carbonyl (C=O) groups excluding carboxylic acids is 1. The Morgan fingerprint density at radius 2 is 1.93 bits per heavy atom. The number of aromatic nitrogens is 2. The number of ether oxygens (including phenoxy) is 2. The van der Waals surface area contributed by atoms with E-state index in [-0.39, 0.29) is 18.8 Å². The highest BCUT2D eigenvalue weighted by molar-refractivity contribution is 5.68. The molecule has 1 fully saturated rings. The molecule has 1 saturated heterocycles. The highest BCUT2D eigenvalue weighted by Crippen LogP contribution is 2.15. The summed E-state index contributed by atoms with van der Waals surface area (Å²) in [5, 5.41) is 0. The monoisotopic (exact) mass is 384 g/mol. The summed E-state index contributed by atoms with van der Waals surface area (Å²) in [6, 6.07) is 9.77. The summed E-state index contributed by atoms with van der Waals surface area (Å²) >= 11 is 0. The first-order chi connectivity index (χ1) is 13.7. The summed E-state index contributed by atoms with van der Waals surface area (Å²) in [6.07, 6.45) is 1.76. The van der Waals surface area contributed by atoms with Crippen LogP contribution in [0.3, 0.4) is 0 Å². The fourth-order valence-corrected chi connectivity index (χ4v) is 3.47. The zero-order valence-electron chi connectivity index (χ0n) is 15.7. The van der Waals surface area contributed by atoms with Gasteiger partial charge in [-0.15, -0.1) is 0 Å². The Balaban J connectivity index is 1.42. The topological polar surface area (TPSA) is 76.9 Å². The van der Waals surface area contributed by atoms with E-state index in [1.807, 2.05) is 35.2 Å². The van der Waals surface area contributed by atoms with Crippen LogP contribution in [0.2, 0.25) is 0 Å². The summed E-state index contributed by atoms with van der Waals surface area (Å²) in [5.74, 6) is 0. The molecule has 0 N–H and O–H groups in total. The molecule has 0 unspecified atom stereocenters. The van der Waals surface area contributed by atoms with Gasteiger partial charge >= 0.3 is 6.09 Å². The van der Waals surface area contributed by atoms with Crippen LogP contribution in [0.4, 0.5) is 4.79 Å². The van der Waals surface area contributed by atoms with Gasteiger partial charge in [0.25, 0.3) is 5.56 Å². The minimum atomic E-state index is -0.394. The molecule has 3 heterocycles. The summed E-state index contributed by atoms with van der Waals surface area (Å²) in [6.45, 7) is 4.26. The van der Waals surface area contributed by atoms with E-state index in [4.69, 9.17) is 9.47 Å². The second-order valence-corrected chi connectivity index (χ2v) is 7.03. The molecule has 28 heavy (non-hydrogen) atoms. The van der Waals surface area contributed by atoms with Crippen LogP contribution in [0, 0.1) is 0 Å². The van der Waals surface area contributed by atoms with E-state index in [0.29, 0.717) is 38.3 Å². The number of hydrogen-bond donors (Lipinski definition) is 0. The van der Waals surface area contributed by atoms with Crippen molar-refractivity contribution >= 4 is 6.09 Å². The second kappa shape index (κ2) is 8.53. The van der Waals surface area contributed by atoms with Gasteiger partial charge < -0.3 is 14.4 Å². The molecule has 2 aliphatic heterocycles. The molecular weight excluding hydrogens is 360 g/mol. The summed E-state index contributed by atoms with van der Waals surface area (Å²) in [4.78, 5) is 33.4. The van der Waals surface area contributed by atoms with Gasteiger partial charge in [-0.2, -0.15) is 0 Å². The molecule has 8 heteroatoms. The van der Waals surface area contributed by atoms with Crippen LogP contribution in [0.25, 0.3) is 0 Å². The predicted molar refractivity (Wildman–Crippen MR) is 102 cm³/mol. The predicted octanol–water partition coefficient (Wildman–Crippen LogP) is 1.08. The third-order valence-electron chi connectivity index (χ3n) is 5.12. The molecule has 0 saturated carbocycles. The van der Waals surface area contributed by atoms with Gasteiger partial charge in [-0.25, -0.2) is 9.78 Å². The van der Waals surface area contributed by atoms with E-state index in [9.17, 15) is 9.59 Å². The SMILES string of the molecule is O=C(OCN1CCOCC1)N1CCc2ncn(Cc3ccccc3)c(=O)c2C1. The lowest BCUT2D eigenvalue weighted by Crippen LogP contribution is -2.43. The third kappa shape index (κ3) is 4.23. The smallest absolute Gasteiger partial charge is 0.411 e. The van der Waals surface area contributed by atoms with Crippen LogP contribution in [0.1, 0.15) is 16.8 Å². The maximum atomic E-state index is 12.9. The Hall–Kier alpha value is -2.71. The van der Waals surface area contributed by atoms with Crippen molar-refractivity contribution in [2.75, 3.05) is 39.6 Å². The first-order valence-electron chi connectivity index (χ1n) is 9.53. The maximum absolute atomic E-state index is 12.9. The van der Waals surface area contributed by atoms with Gasteiger partial charge in [0.05, 0.1) is 43.9 Å². The first-order valence-corrected chi connectivity index (χ1v) is 9.53. The van der Waals surface area contributed by atoms with Crippen molar-refractivity contribution in [2.24, 2.45) is 0 Å². The van der Waals surface area contributed by atoms with E-state index < -0.39 is 6.09 Å². The number of hydrogen-bond acceptors (Lipinski definition) is 6. The lowest BCUT2D eigenvalue weighted by molar-refractivity contribution is -0.0183.